The zero-order chi connectivity index (χ0) is 19.5. The average molecular weight is 388 g/mol. The number of benzene rings is 3. The molecule has 4 rings (SSSR count). The normalized spacial score (nSPS) is 16.0. The predicted octanol–water partition coefficient (Wildman–Crippen LogP) is 4.74. The Hall–Kier alpha value is -3.18. The molecule has 4 nitrogen and oxygen atoms in total. The SMILES string of the molecule is Cc1ccc([C@@H]2c3ccccc3NC(=O)CN2C(=S)Nc2ccccc2)cc1. The van der Waals surface area contributed by atoms with E-state index >= 15 is 0 Å². The fourth-order valence-electron chi connectivity index (χ4n) is 3.47. The van der Waals surface area contributed by atoms with Gasteiger partial charge in [0.05, 0.1) is 6.04 Å². The van der Waals surface area contributed by atoms with E-state index in [1.165, 1.54) is 5.56 Å². The van der Waals surface area contributed by atoms with Crippen molar-refractivity contribution >= 4 is 34.6 Å². The Morgan fingerprint density at radius 2 is 1.68 bits per heavy atom. The lowest BCUT2D eigenvalue weighted by Gasteiger charge is -2.32. The molecule has 0 unspecified atom stereocenters. The van der Waals surface area contributed by atoms with E-state index in [0.29, 0.717) is 5.11 Å². The van der Waals surface area contributed by atoms with Crippen molar-refractivity contribution in [2.45, 2.75) is 13.0 Å². The number of carbonyl (C=O) groups is 1. The molecule has 1 atom stereocenters. The molecule has 0 spiro atoms. The second kappa shape index (κ2) is 7.82. The molecule has 3 aromatic rings. The molecule has 3 aromatic carbocycles. The van der Waals surface area contributed by atoms with Crippen molar-refractivity contribution in [3.8, 4) is 0 Å². The van der Waals surface area contributed by atoms with Crippen molar-refractivity contribution in [3.05, 3.63) is 95.6 Å². The third-order valence-electron chi connectivity index (χ3n) is 4.83. The van der Waals surface area contributed by atoms with Gasteiger partial charge in [0, 0.05) is 16.9 Å². The van der Waals surface area contributed by atoms with E-state index in [2.05, 4.69) is 41.8 Å². The minimum atomic E-state index is -0.167. The van der Waals surface area contributed by atoms with E-state index in [1.54, 1.807) is 0 Å². The number of nitrogens with one attached hydrogen (secondary N) is 2. The summed E-state index contributed by atoms with van der Waals surface area (Å²) in [4.78, 5) is 14.6. The van der Waals surface area contributed by atoms with Crippen LogP contribution in [0.15, 0.2) is 78.9 Å². The first kappa shape index (κ1) is 18.2. The van der Waals surface area contributed by atoms with E-state index < -0.39 is 0 Å². The van der Waals surface area contributed by atoms with E-state index in [-0.39, 0.29) is 18.5 Å². The van der Waals surface area contributed by atoms with Crippen LogP contribution in [0.25, 0.3) is 0 Å². The highest BCUT2D eigenvalue weighted by Gasteiger charge is 2.31. The first-order chi connectivity index (χ1) is 13.6. The number of amides is 1. The zero-order valence-electron chi connectivity index (χ0n) is 15.6. The van der Waals surface area contributed by atoms with Crippen LogP contribution in [0, 0.1) is 6.92 Å². The largest absolute Gasteiger partial charge is 0.333 e. The quantitative estimate of drug-likeness (QED) is 0.624. The predicted molar refractivity (Wildman–Crippen MR) is 117 cm³/mol. The molecule has 5 heteroatoms. The van der Waals surface area contributed by atoms with Gasteiger partial charge in [0.15, 0.2) is 5.11 Å². The summed E-state index contributed by atoms with van der Waals surface area (Å²) in [6, 6.07) is 25.9. The molecule has 1 aliphatic heterocycles. The van der Waals surface area contributed by atoms with Gasteiger partial charge in [0.1, 0.15) is 6.54 Å². The first-order valence-electron chi connectivity index (χ1n) is 9.20. The van der Waals surface area contributed by atoms with Crippen LogP contribution in [0.1, 0.15) is 22.7 Å². The third-order valence-corrected chi connectivity index (χ3v) is 5.17. The van der Waals surface area contributed by atoms with Gasteiger partial charge < -0.3 is 15.5 Å². The van der Waals surface area contributed by atoms with Crippen molar-refractivity contribution in [2.24, 2.45) is 0 Å². The van der Waals surface area contributed by atoms with E-state index in [4.69, 9.17) is 12.2 Å². The zero-order valence-corrected chi connectivity index (χ0v) is 16.4. The van der Waals surface area contributed by atoms with Gasteiger partial charge in [0.2, 0.25) is 5.91 Å². The highest BCUT2D eigenvalue weighted by atomic mass is 32.1. The molecule has 0 saturated carbocycles. The topological polar surface area (TPSA) is 44.4 Å². The molecule has 140 valence electrons. The summed E-state index contributed by atoms with van der Waals surface area (Å²) in [7, 11) is 0. The Labute approximate surface area is 170 Å². The second-order valence-electron chi connectivity index (χ2n) is 6.87. The summed E-state index contributed by atoms with van der Waals surface area (Å²) in [5.41, 5.74) is 5.02. The molecular weight excluding hydrogens is 366 g/mol. The number of hydrogen-bond donors (Lipinski definition) is 2. The molecule has 1 amide bonds. The highest BCUT2D eigenvalue weighted by molar-refractivity contribution is 7.80. The number of carbonyl (C=O) groups excluding carboxylic acids is 1. The van der Waals surface area contributed by atoms with Gasteiger partial charge in [-0.2, -0.15) is 0 Å². The molecule has 2 N–H and O–H groups in total. The van der Waals surface area contributed by atoms with Gasteiger partial charge in [-0.3, -0.25) is 4.79 Å². The Balaban J connectivity index is 1.78. The number of anilines is 2. The van der Waals surface area contributed by atoms with Gasteiger partial charge in [-0.25, -0.2) is 0 Å². The standard InChI is InChI=1S/C23H21N3OS/c1-16-11-13-17(14-12-16)22-19-9-5-6-10-20(19)25-21(27)15-26(22)23(28)24-18-7-3-2-4-8-18/h2-14,22H,15H2,1H3,(H,24,28)(H,25,27)/t22-/m1/s1. The smallest absolute Gasteiger partial charge is 0.244 e. The fourth-order valence-corrected chi connectivity index (χ4v) is 3.75. The minimum absolute atomic E-state index is 0.0840. The number of nitrogens with zero attached hydrogens (tertiary/aromatic N) is 1. The molecule has 0 aliphatic carbocycles. The second-order valence-corrected chi connectivity index (χ2v) is 7.26. The lowest BCUT2D eigenvalue weighted by Crippen LogP contribution is -2.41. The van der Waals surface area contributed by atoms with Gasteiger partial charge in [-0.15, -0.1) is 0 Å². The number of aryl methyl sites for hydroxylation is 1. The molecule has 0 fully saturated rings. The number of hydrogen-bond acceptors (Lipinski definition) is 2. The van der Waals surface area contributed by atoms with Crippen LogP contribution in [0.3, 0.4) is 0 Å². The Morgan fingerprint density at radius 1 is 1.00 bits per heavy atom. The molecule has 0 bridgehead atoms. The molecule has 1 heterocycles. The first-order valence-corrected chi connectivity index (χ1v) is 9.60. The Morgan fingerprint density at radius 3 is 2.43 bits per heavy atom. The maximum absolute atomic E-state index is 12.6. The average Bonchev–Trinajstić information content (AvgIpc) is 2.85. The van der Waals surface area contributed by atoms with Gasteiger partial charge in [0.25, 0.3) is 0 Å². The van der Waals surface area contributed by atoms with Crippen LogP contribution < -0.4 is 10.6 Å². The molecular formula is C23H21N3OS. The van der Waals surface area contributed by atoms with Gasteiger partial charge in [-0.05, 0) is 42.9 Å². The lowest BCUT2D eigenvalue weighted by molar-refractivity contribution is -0.116. The van der Waals surface area contributed by atoms with Crippen molar-refractivity contribution in [2.75, 3.05) is 17.2 Å². The van der Waals surface area contributed by atoms with Crippen molar-refractivity contribution in [1.29, 1.82) is 0 Å². The summed E-state index contributed by atoms with van der Waals surface area (Å²) in [6.45, 7) is 2.24. The Bertz CT molecular complexity index is 1000. The van der Waals surface area contributed by atoms with Crippen molar-refractivity contribution in [3.63, 3.8) is 0 Å². The molecule has 0 aromatic heterocycles. The monoisotopic (exact) mass is 387 g/mol. The fraction of sp³-hybridized carbons (Fsp3) is 0.130. The third kappa shape index (κ3) is 3.75. The van der Waals surface area contributed by atoms with Crippen LogP contribution in [0.4, 0.5) is 11.4 Å². The Kier molecular flexibility index (Phi) is 5.08. The van der Waals surface area contributed by atoms with E-state index in [1.807, 2.05) is 59.5 Å². The maximum atomic E-state index is 12.6. The van der Waals surface area contributed by atoms with Gasteiger partial charge in [-0.1, -0.05) is 66.2 Å². The number of thiocarbonyl (C=S) groups is 1. The summed E-state index contributed by atoms with van der Waals surface area (Å²) < 4.78 is 0. The summed E-state index contributed by atoms with van der Waals surface area (Å²) in [5, 5.41) is 6.81. The summed E-state index contributed by atoms with van der Waals surface area (Å²) in [6.07, 6.45) is 0. The summed E-state index contributed by atoms with van der Waals surface area (Å²) >= 11 is 5.74. The lowest BCUT2D eigenvalue weighted by atomic mass is 9.95. The molecule has 28 heavy (non-hydrogen) atoms. The number of fused-ring (bicyclic) bond motifs is 1. The van der Waals surface area contributed by atoms with Crippen LogP contribution in [-0.4, -0.2) is 22.5 Å². The van der Waals surface area contributed by atoms with Crippen molar-refractivity contribution < 1.29 is 4.79 Å². The molecule has 0 saturated heterocycles. The minimum Gasteiger partial charge on any atom is -0.333 e. The van der Waals surface area contributed by atoms with Crippen LogP contribution in [0.2, 0.25) is 0 Å². The van der Waals surface area contributed by atoms with Crippen molar-refractivity contribution in [1.82, 2.24) is 4.90 Å². The highest BCUT2D eigenvalue weighted by Crippen LogP contribution is 2.36. The number of para-hydroxylation sites is 2. The molecule has 1 aliphatic rings. The van der Waals surface area contributed by atoms with E-state index in [9.17, 15) is 4.79 Å². The number of rotatable bonds is 2. The maximum Gasteiger partial charge on any atom is 0.244 e. The van der Waals surface area contributed by atoms with Crippen LogP contribution in [0.5, 0.6) is 0 Å². The van der Waals surface area contributed by atoms with Crippen LogP contribution >= 0.6 is 12.2 Å². The summed E-state index contributed by atoms with van der Waals surface area (Å²) in [5.74, 6) is -0.0840. The van der Waals surface area contributed by atoms with Gasteiger partial charge >= 0.3 is 0 Å². The molecule has 0 radical (unpaired) electrons. The van der Waals surface area contributed by atoms with Crippen LogP contribution in [-0.2, 0) is 4.79 Å². The van der Waals surface area contributed by atoms with E-state index in [0.717, 1.165) is 22.5 Å².